The molecular formula is C14H16N4O2. The Labute approximate surface area is 116 Å². The third kappa shape index (κ3) is 2.85. The van der Waals surface area contributed by atoms with Crippen molar-refractivity contribution >= 4 is 11.7 Å². The zero-order chi connectivity index (χ0) is 13.8. The summed E-state index contributed by atoms with van der Waals surface area (Å²) in [6.45, 7) is 1.77. The third-order valence-corrected chi connectivity index (χ3v) is 3.35. The van der Waals surface area contributed by atoms with Gasteiger partial charge in [0.25, 0.3) is 0 Å². The molecule has 3 rings (SSSR count). The lowest BCUT2D eigenvalue weighted by molar-refractivity contribution is -0.119. The van der Waals surface area contributed by atoms with Gasteiger partial charge in [0, 0.05) is 25.1 Å². The normalized spacial score (nSPS) is 18.1. The van der Waals surface area contributed by atoms with Gasteiger partial charge in [-0.2, -0.15) is 5.10 Å². The molecule has 104 valence electrons. The Morgan fingerprint density at radius 1 is 1.35 bits per heavy atom. The molecule has 1 unspecified atom stereocenters. The van der Waals surface area contributed by atoms with Gasteiger partial charge in [0.1, 0.15) is 5.82 Å². The lowest BCUT2D eigenvalue weighted by Crippen LogP contribution is -2.24. The molecule has 1 N–H and O–H groups in total. The van der Waals surface area contributed by atoms with E-state index < -0.39 is 0 Å². The van der Waals surface area contributed by atoms with Crippen molar-refractivity contribution in [3.63, 3.8) is 0 Å². The predicted molar refractivity (Wildman–Crippen MR) is 73.1 cm³/mol. The molecule has 1 aliphatic rings. The van der Waals surface area contributed by atoms with Crippen LogP contribution in [0, 0.1) is 5.92 Å². The van der Waals surface area contributed by atoms with Gasteiger partial charge in [0.05, 0.1) is 25.3 Å². The van der Waals surface area contributed by atoms with Crippen molar-refractivity contribution in [2.45, 2.75) is 13.0 Å². The first kappa shape index (κ1) is 12.8. The smallest absolute Gasteiger partial charge is 0.231 e. The first-order valence-electron chi connectivity index (χ1n) is 6.62. The molecule has 3 heterocycles. The Kier molecular flexibility index (Phi) is 3.73. The van der Waals surface area contributed by atoms with E-state index in [4.69, 9.17) is 4.74 Å². The molecule has 1 atom stereocenters. The molecule has 2 aromatic rings. The average molecular weight is 272 g/mol. The molecule has 1 amide bonds. The highest BCUT2D eigenvalue weighted by Gasteiger charge is 2.24. The molecule has 0 radical (unpaired) electrons. The van der Waals surface area contributed by atoms with E-state index in [1.165, 1.54) is 0 Å². The van der Waals surface area contributed by atoms with Crippen LogP contribution in [0.1, 0.15) is 12.0 Å². The summed E-state index contributed by atoms with van der Waals surface area (Å²) in [5, 5.41) is 7.16. The van der Waals surface area contributed by atoms with Crippen LogP contribution in [0.5, 0.6) is 0 Å². The number of carbonyl (C=O) groups excluding carboxylic acids is 1. The van der Waals surface area contributed by atoms with Gasteiger partial charge in [-0.1, -0.05) is 0 Å². The van der Waals surface area contributed by atoms with Crippen molar-refractivity contribution in [3.8, 4) is 0 Å². The second-order valence-electron chi connectivity index (χ2n) is 4.78. The maximum atomic E-state index is 12.1. The van der Waals surface area contributed by atoms with E-state index in [9.17, 15) is 4.79 Å². The van der Waals surface area contributed by atoms with Crippen LogP contribution in [0.2, 0.25) is 0 Å². The Morgan fingerprint density at radius 2 is 2.20 bits per heavy atom. The maximum absolute atomic E-state index is 12.1. The standard InChI is InChI=1S/C14H16N4O2/c19-14(12-4-8-20-10-12)17-13-3-7-16-18(13)9-11-1-5-15-6-2-11/h1-3,5-7,12H,4,8-10H2,(H,17,19). The van der Waals surface area contributed by atoms with Crippen molar-refractivity contribution in [1.29, 1.82) is 0 Å². The number of nitrogens with zero attached hydrogens (tertiary/aromatic N) is 3. The molecule has 2 aromatic heterocycles. The number of pyridine rings is 1. The van der Waals surface area contributed by atoms with Gasteiger partial charge in [-0.05, 0) is 24.1 Å². The van der Waals surface area contributed by atoms with Crippen LogP contribution < -0.4 is 5.32 Å². The van der Waals surface area contributed by atoms with Crippen molar-refractivity contribution in [2.24, 2.45) is 5.92 Å². The highest BCUT2D eigenvalue weighted by Crippen LogP contribution is 2.16. The summed E-state index contributed by atoms with van der Waals surface area (Å²) in [7, 11) is 0. The third-order valence-electron chi connectivity index (χ3n) is 3.35. The number of rotatable bonds is 4. The minimum atomic E-state index is -0.0562. The van der Waals surface area contributed by atoms with Gasteiger partial charge in [-0.25, -0.2) is 4.68 Å². The van der Waals surface area contributed by atoms with Crippen LogP contribution >= 0.6 is 0 Å². The number of anilines is 1. The first-order valence-corrected chi connectivity index (χ1v) is 6.62. The minimum absolute atomic E-state index is 0.000946. The van der Waals surface area contributed by atoms with Gasteiger partial charge >= 0.3 is 0 Å². The average Bonchev–Trinajstić information content (AvgIpc) is 3.12. The molecule has 1 fully saturated rings. The van der Waals surface area contributed by atoms with E-state index in [0.717, 1.165) is 12.0 Å². The number of hydrogen-bond acceptors (Lipinski definition) is 4. The van der Waals surface area contributed by atoms with Crippen LogP contribution in [0.25, 0.3) is 0 Å². The number of hydrogen-bond donors (Lipinski definition) is 1. The van der Waals surface area contributed by atoms with Gasteiger partial charge in [0.2, 0.25) is 5.91 Å². The molecule has 1 aliphatic heterocycles. The quantitative estimate of drug-likeness (QED) is 0.911. The fourth-order valence-electron chi connectivity index (χ4n) is 2.20. The lowest BCUT2D eigenvalue weighted by Gasteiger charge is -2.11. The van der Waals surface area contributed by atoms with Gasteiger partial charge < -0.3 is 10.1 Å². The van der Waals surface area contributed by atoms with Gasteiger partial charge in [-0.3, -0.25) is 9.78 Å². The topological polar surface area (TPSA) is 69.0 Å². The zero-order valence-electron chi connectivity index (χ0n) is 11.0. The van der Waals surface area contributed by atoms with Crippen LogP contribution in [0.15, 0.2) is 36.8 Å². The Morgan fingerprint density at radius 3 is 2.95 bits per heavy atom. The summed E-state index contributed by atoms with van der Waals surface area (Å²) in [6, 6.07) is 5.66. The molecule has 0 aromatic carbocycles. The summed E-state index contributed by atoms with van der Waals surface area (Å²) in [6.07, 6.45) is 5.95. The fraction of sp³-hybridized carbons (Fsp3) is 0.357. The van der Waals surface area contributed by atoms with E-state index in [-0.39, 0.29) is 11.8 Å². The zero-order valence-corrected chi connectivity index (χ0v) is 11.0. The summed E-state index contributed by atoms with van der Waals surface area (Å²) in [5.74, 6) is 0.650. The van der Waals surface area contributed by atoms with Gasteiger partial charge in [0.15, 0.2) is 0 Å². The second kappa shape index (κ2) is 5.83. The van der Waals surface area contributed by atoms with Crippen molar-refractivity contribution < 1.29 is 9.53 Å². The maximum Gasteiger partial charge on any atom is 0.231 e. The molecule has 0 spiro atoms. The van der Waals surface area contributed by atoms with E-state index in [0.29, 0.717) is 25.6 Å². The van der Waals surface area contributed by atoms with Crippen LogP contribution in [0.4, 0.5) is 5.82 Å². The number of aromatic nitrogens is 3. The molecule has 6 heteroatoms. The first-order chi connectivity index (χ1) is 9.83. The summed E-state index contributed by atoms with van der Waals surface area (Å²) < 4.78 is 7.00. The van der Waals surface area contributed by atoms with Crippen LogP contribution in [-0.4, -0.2) is 33.9 Å². The highest BCUT2D eigenvalue weighted by atomic mass is 16.5. The molecule has 20 heavy (non-hydrogen) atoms. The summed E-state index contributed by atoms with van der Waals surface area (Å²) in [5.41, 5.74) is 1.09. The van der Waals surface area contributed by atoms with E-state index in [2.05, 4.69) is 15.4 Å². The number of carbonyl (C=O) groups is 1. The number of nitrogens with one attached hydrogen (secondary N) is 1. The summed E-state index contributed by atoms with van der Waals surface area (Å²) >= 11 is 0. The van der Waals surface area contributed by atoms with E-state index in [1.54, 1.807) is 29.3 Å². The molecule has 0 saturated carbocycles. The predicted octanol–water partition coefficient (Wildman–Crippen LogP) is 1.30. The SMILES string of the molecule is O=C(Nc1ccnn1Cc1ccncc1)C1CCOC1. The van der Waals surface area contributed by atoms with Crippen molar-refractivity contribution in [2.75, 3.05) is 18.5 Å². The Balaban J connectivity index is 1.68. The van der Waals surface area contributed by atoms with Crippen molar-refractivity contribution in [1.82, 2.24) is 14.8 Å². The molecular weight excluding hydrogens is 256 g/mol. The molecule has 0 aliphatic carbocycles. The summed E-state index contributed by atoms with van der Waals surface area (Å²) in [4.78, 5) is 16.1. The van der Waals surface area contributed by atoms with Gasteiger partial charge in [-0.15, -0.1) is 0 Å². The Hall–Kier alpha value is -2.21. The fourth-order valence-corrected chi connectivity index (χ4v) is 2.20. The second-order valence-corrected chi connectivity index (χ2v) is 4.78. The van der Waals surface area contributed by atoms with E-state index in [1.807, 2.05) is 12.1 Å². The molecule has 1 saturated heterocycles. The minimum Gasteiger partial charge on any atom is -0.381 e. The number of ether oxygens (including phenoxy) is 1. The Bertz CT molecular complexity index is 576. The molecule has 0 bridgehead atoms. The highest BCUT2D eigenvalue weighted by molar-refractivity contribution is 5.92. The van der Waals surface area contributed by atoms with E-state index >= 15 is 0 Å². The largest absolute Gasteiger partial charge is 0.381 e. The van der Waals surface area contributed by atoms with Crippen LogP contribution in [-0.2, 0) is 16.1 Å². The number of amides is 1. The van der Waals surface area contributed by atoms with Crippen molar-refractivity contribution in [3.05, 3.63) is 42.4 Å². The molecule has 6 nitrogen and oxygen atoms in total. The van der Waals surface area contributed by atoms with Crippen LogP contribution in [0.3, 0.4) is 0 Å². The lowest BCUT2D eigenvalue weighted by atomic mass is 10.1. The monoisotopic (exact) mass is 272 g/mol.